The molecule has 0 N–H and O–H groups in total. The molecule has 0 atom stereocenters. The van der Waals surface area contributed by atoms with Gasteiger partial charge in [-0.25, -0.2) is 0 Å². The van der Waals surface area contributed by atoms with Crippen molar-refractivity contribution in [1.29, 1.82) is 0 Å². The smallest absolute Gasteiger partial charge is 0.228 e. The SMILES string of the molecule is C=C([C]=O)CCCCCCCCCCCC. The van der Waals surface area contributed by atoms with Gasteiger partial charge in [-0.1, -0.05) is 71.3 Å². The maximum absolute atomic E-state index is 10.2. The van der Waals surface area contributed by atoms with Crippen LogP contribution in [0.25, 0.3) is 0 Å². The second-order valence-electron chi connectivity index (χ2n) is 4.64. The first kappa shape index (κ1) is 15.4. The lowest BCUT2D eigenvalue weighted by Crippen LogP contribution is -1.84. The molecule has 0 aliphatic heterocycles. The lowest BCUT2D eigenvalue weighted by atomic mass is 10.0. The number of rotatable bonds is 12. The van der Waals surface area contributed by atoms with E-state index in [9.17, 15) is 4.79 Å². The molecule has 0 aliphatic carbocycles. The van der Waals surface area contributed by atoms with E-state index < -0.39 is 0 Å². The Hall–Kier alpha value is -0.590. The van der Waals surface area contributed by atoms with Gasteiger partial charge in [0.25, 0.3) is 0 Å². The molecular formula is C15H27O. The van der Waals surface area contributed by atoms with Gasteiger partial charge in [0.05, 0.1) is 0 Å². The quantitative estimate of drug-likeness (QED) is 0.337. The topological polar surface area (TPSA) is 17.1 Å². The summed E-state index contributed by atoms with van der Waals surface area (Å²) in [6.45, 7) is 5.88. The molecule has 0 amide bonds. The van der Waals surface area contributed by atoms with Gasteiger partial charge in [0.1, 0.15) is 0 Å². The van der Waals surface area contributed by atoms with Gasteiger partial charge in [-0.2, -0.15) is 0 Å². The summed E-state index contributed by atoms with van der Waals surface area (Å²) in [5.41, 5.74) is 0.625. The minimum absolute atomic E-state index is 0.625. The van der Waals surface area contributed by atoms with E-state index in [-0.39, 0.29) is 0 Å². The van der Waals surface area contributed by atoms with Gasteiger partial charge in [0.2, 0.25) is 6.29 Å². The molecule has 0 aromatic heterocycles. The zero-order chi connectivity index (χ0) is 12.1. The molecule has 0 bridgehead atoms. The van der Waals surface area contributed by atoms with E-state index in [1.807, 2.05) is 6.29 Å². The van der Waals surface area contributed by atoms with Gasteiger partial charge in [-0.3, -0.25) is 4.79 Å². The van der Waals surface area contributed by atoms with Crippen molar-refractivity contribution in [3.63, 3.8) is 0 Å². The van der Waals surface area contributed by atoms with Crippen LogP contribution in [0.5, 0.6) is 0 Å². The largest absolute Gasteiger partial charge is 0.285 e. The van der Waals surface area contributed by atoms with Crippen LogP contribution in [0.3, 0.4) is 0 Å². The summed E-state index contributed by atoms with van der Waals surface area (Å²) < 4.78 is 0. The Morgan fingerprint density at radius 3 is 1.75 bits per heavy atom. The molecule has 0 aromatic carbocycles. The van der Waals surface area contributed by atoms with E-state index in [4.69, 9.17) is 0 Å². The van der Waals surface area contributed by atoms with Crippen LogP contribution in [-0.2, 0) is 4.79 Å². The van der Waals surface area contributed by atoms with Crippen molar-refractivity contribution in [2.75, 3.05) is 0 Å². The van der Waals surface area contributed by atoms with Crippen LogP contribution in [0.2, 0.25) is 0 Å². The highest BCUT2D eigenvalue weighted by Crippen LogP contribution is 2.12. The maximum Gasteiger partial charge on any atom is 0.228 e. The molecule has 0 saturated heterocycles. The summed E-state index contributed by atoms with van der Waals surface area (Å²) in [6.07, 6.45) is 16.0. The molecule has 0 spiro atoms. The zero-order valence-corrected chi connectivity index (χ0v) is 10.9. The van der Waals surface area contributed by atoms with E-state index in [0.29, 0.717) is 5.57 Å². The monoisotopic (exact) mass is 223 g/mol. The number of hydrogen-bond acceptors (Lipinski definition) is 1. The van der Waals surface area contributed by atoms with E-state index in [2.05, 4.69) is 13.5 Å². The van der Waals surface area contributed by atoms with Gasteiger partial charge in [0.15, 0.2) is 0 Å². The minimum atomic E-state index is 0.625. The van der Waals surface area contributed by atoms with Crippen LogP contribution in [0.1, 0.15) is 77.6 Å². The van der Waals surface area contributed by atoms with Crippen LogP contribution in [0, 0.1) is 0 Å². The van der Waals surface area contributed by atoms with Crippen LogP contribution in [0.15, 0.2) is 12.2 Å². The summed E-state index contributed by atoms with van der Waals surface area (Å²) in [5.74, 6) is 0. The van der Waals surface area contributed by atoms with Crippen molar-refractivity contribution in [3.05, 3.63) is 12.2 Å². The summed E-state index contributed by atoms with van der Waals surface area (Å²) in [6, 6.07) is 0. The fraction of sp³-hybridized carbons (Fsp3) is 0.800. The van der Waals surface area contributed by atoms with Gasteiger partial charge in [-0.05, 0) is 18.4 Å². The Morgan fingerprint density at radius 2 is 1.31 bits per heavy atom. The fourth-order valence-electron chi connectivity index (χ4n) is 1.88. The molecule has 0 fully saturated rings. The molecule has 1 nitrogen and oxygen atoms in total. The predicted octanol–water partition coefficient (Wildman–Crippen LogP) is 4.96. The number of allylic oxidation sites excluding steroid dienone is 1. The average molecular weight is 223 g/mol. The Bertz CT molecular complexity index is 172. The molecule has 0 aliphatic rings. The Kier molecular flexibility index (Phi) is 12.0. The highest BCUT2D eigenvalue weighted by molar-refractivity contribution is 5.72. The predicted molar refractivity (Wildman–Crippen MR) is 71.3 cm³/mol. The second kappa shape index (κ2) is 12.5. The second-order valence-corrected chi connectivity index (χ2v) is 4.64. The third-order valence-corrected chi connectivity index (χ3v) is 2.98. The standard InChI is InChI=1S/C15H27O/c1-3-4-5-6-7-8-9-10-11-12-13-15(2)14-16/h2-13H2,1H3. The van der Waals surface area contributed by atoms with E-state index in [0.717, 1.165) is 12.8 Å². The molecule has 0 saturated carbocycles. The third kappa shape index (κ3) is 11.5. The van der Waals surface area contributed by atoms with Gasteiger partial charge in [-0.15, -0.1) is 0 Å². The maximum atomic E-state index is 10.2. The van der Waals surface area contributed by atoms with Crippen molar-refractivity contribution >= 4 is 6.29 Å². The molecule has 16 heavy (non-hydrogen) atoms. The average Bonchev–Trinajstić information content (AvgIpc) is 2.31. The van der Waals surface area contributed by atoms with E-state index >= 15 is 0 Å². The number of unbranched alkanes of at least 4 members (excludes halogenated alkanes) is 9. The number of carbonyl (C=O) groups excluding carboxylic acids is 1. The molecule has 93 valence electrons. The molecule has 1 heteroatoms. The fourth-order valence-corrected chi connectivity index (χ4v) is 1.88. The lowest BCUT2D eigenvalue weighted by Gasteiger charge is -2.01. The highest BCUT2D eigenvalue weighted by Gasteiger charge is 1.94. The van der Waals surface area contributed by atoms with Crippen molar-refractivity contribution in [1.82, 2.24) is 0 Å². The first-order valence-corrected chi connectivity index (χ1v) is 6.87. The molecule has 0 rings (SSSR count). The molecule has 1 radical (unpaired) electrons. The zero-order valence-electron chi connectivity index (χ0n) is 10.9. The Labute approximate surface area is 101 Å². The van der Waals surface area contributed by atoms with Crippen LogP contribution < -0.4 is 0 Å². The van der Waals surface area contributed by atoms with Gasteiger partial charge >= 0.3 is 0 Å². The van der Waals surface area contributed by atoms with Crippen LogP contribution in [-0.4, -0.2) is 6.29 Å². The first-order valence-electron chi connectivity index (χ1n) is 6.87. The van der Waals surface area contributed by atoms with Crippen LogP contribution in [0.4, 0.5) is 0 Å². The summed E-state index contributed by atoms with van der Waals surface area (Å²) in [4.78, 5) is 10.2. The van der Waals surface area contributed by atoms with E-state index in [1.165, 1.54) is 57.8 Å². The summed E-state index contributed by atoms with van der Waals surface area (Å²) in [5, 5.41) is 0. The third-order valence-electron chi connectivity index (χ3n) is 2.98. The summed E-state index contributed by atoms with van der Waals surface area (Å²) >= 11 is 0. The molecular weight excluding hydrogens is 196 g/mol. The van der Waals surface area contributed by atoms with Crippen molar-refractivity contribution in [2.45, 2.75) is 77.6 Å². The van der Waals surface area contributed by atoms with Crippen molar-refractivity contribution in [2.24, 2.45) is 0 Å². The van der Waals surface area contributed by atoms with E-state index in [1.54, 1.807) is 0 Å². The summed E-state index contributed by atoms with van der Waals surface area (Å²) in [7, 11) is 0. The molecule has 0 aromatic rings. The van der Waals surface area contributed by atoms with Crippen LogP contribution >= 0.6 is 0 Å². The Morgan fingerprint density at radius 1 is 0.875 bits per heavy atom. The van der Waals surface area contributed by atoms with Crippen molar-refractivity contribution < 1.29 is 4.79 Å². The normalized spacial score (nSPS) is 10.3. The van der Waals surface area contributed by atoms with Gasteiger partial charge in [0, 0.05) is 0 Å². The molecule has 0 heterocycles. The molecule has 0 unspecified atom stereocenters. The Balaban J connectivity index is 2.98. The highest BCUT2D eigenvalue weighted by atomic mass is 16.1. The van der Waals surface area contributed by atoms with Crippen molar-refractivity contribution in [3.8, 4) is 0 Å². The lowest BCUT2D eigenvalue weighted by molar-refractivity contribution is 0.550. The van der Waals surface area contributed by atoms with Gasteiger partial charge < -0.3 is 0 Å². The first-order chi connectivity index (χ1) is 7.81. The minimum Gasteiger partial charge on any atom is -0.285 e. The number of hydrogen-bond donors (Lipinski definition) is 0.